The van der Waals surface area contributed by atoms with Crippen LogP contribution in [0.4, 0.5) is 18.9 Å². The minimum Gasteiger partial charge on any atom is -0.478 e. The summed E-state index contributed by atoms with van der Waals surface area (Å²) in [5.74, 6) is -0.878. The average molecular weight is 448 g/mol. The standard InChI is InChI=1S/C24H27F3N2O3/c1-16-15-32-11-10-28(16)14-22-12-19(17-2-6-20(7-3-17)24(25,26)27)13-29(22)21-8-4-18(5-9-21)23(30)31/h2-9,16,19,22H,10-15H2,1H3,(H,30,31)/t16-,19?,22+/m1/s1. The van der Waals surface area contributed by atoms with Crippen molar-refractivity contribution in [3.05, 3.63) is 65.2 Å². The monoisotopic (exact) mass is 448 g/mol. The van der Waals surface area contributed by atoms with Crippen LogP contribution in [-0.2, 0) is 10.9 Å². The molecule has 0 bridgehead atoms. The Balaban J connectivity index is 1.57. The molecule has 0 amide bonds. The van der Waals surface area contributed by atoms with Crippen molar-refractivity contribution in [3.63, 3.8) is 0 Å². The van der Waals surface area contributed by atoms with E-state index in [4.69, 9.17) is 4.74 Å². The van der Waals surface area contributed by atoms with E-state index in [0.29, 0.717) is 25.8 Å². The molecule has 4 rings (SSSR count). The molecule has 0 spiro atoms. The molecule has 8 heteroatoms. The highest BCUT2D eigenvalue weighted by molar-refractivity contribution is 5.88. The molecule has 3 atom stereocenters. The summed E-state index contributed by atoms with van der Waals surface area (Å²) >= 11 is 0. The summed E-state index contributed by atoms with van der Waals surface area (Å²) in [4.78, 5) is 15.9. The van der Waals surface area contributed by atoms with Crippen LogP contribution in [0.5, 0.6) is 0 Å². The lowest BCUT2D eigenvalue weighted by molar-refractivity contribution is -0.137. The molecular formula is C24H27F3N2O3. The quantitative estimate of drug-likeness (QED) is 0.731. The van der Waals surface area contributed by atoms with Crippen molar-refractivity contribution in [2.45, 2.75) is 37.5 Å². The summed E-state index contributed by atoms with van der Waals surface area (Å²) < 4.78 is 44.4. The van der Waals surface area contributed by atoms with Gasteiger partial charge in [-0.15, -0.1) is 0 Å². The summed E-state index contributed by atoms with van der Waals surface area (Å²) in [6.07, 6.45) is -3.53. The van der Waals surface area contributed by atoms with Gasteiger partial charge in [0.2, 0.25) is 0 Å². The SMILES string of the molecule is C[C@@H]1COCCN1C[C@@H]1CC(c2ccc(C(F)(F)F)cc2)CN1c1ccc(C(=O)O)cc1. The summed E-state index contributed by atoms with van der Waals surface area (Å²) in [7, 11) is 0. The van der Waals surface area contributed by atoms with Gasteiger partial charge >= 0.3 is 12.1 Å². The first-order valence-corrected chi connectivity index (χ1v) is 10.8. The van der Waals surface area contributed by atoms with E-state index in [0.717, 1.165) is 42.9 Å². The molecule has 2 saturated heterocycles. The minimum absolute atomic E-state index is 0.0952. The lowest BCUT2D eigenvalue weighted by Gasteiger charge is -2.37. The molecule has 5 nitrogen and oxygen atoms in total. The van der Waals surface area contributed by atoms with Crippen LogP contribution in [0, 0.1) is 0 Å². The van der Waals surface area contributed by atoms with Gasteiger partial charge in [-0.25, -0.2) is 4.79 Å². The Morgan fingerprint density at radius 2 is 1.81 bits per heavy atom. The zero-order valence-electron chi connectivity index (χ0n) is 17.9. The van der Waals surface area contributed by atoms with Gasteiger partial charge in [-0.3, -0.25) is 4.90 Å². The smallest absolute Gasteiger partial charge is 0.416 e. The Bertz CT molecular complexity index is 931. The summed E-state index contributed by atoms with van der Waals surface area (Å²) in [5.41, 5.74) is 1.41. The van der Waals surface area contributed by atoms with E-state index >= 15 is 0 Å². The number of ether oxygens (including phenoxy) is 1. The molecular weight excluding hydrogens is 421 g/mol. The first kappa shape index (κ1) is 22.6. The van der Waals surface area contributed by atoms with Gasteiger partial charge in [-0.05, 0) is 55.3 Å². The van der Waals surface area contributed by atoms with Gasteiger partial charge in [-0.2, -0.15) is 13.2 Å². The number of hydrogen-bond acceptors (Lipinski definition) is 4. The first-order chi connectivity index (χ1) is 15.2. The summed E-state index contributed by atoms with van der Waals surface area (Å²) in [5, 5.41) is 9.20. The minimum atomic E-state index is -4.35. The molecule has 0 aliphatic carbocycles. The summed E-state index contributed by atoms with van der Waals surface area (Å²) in [6.45, 7) is 5.83. The third-order valence-corrected chi connectivity index (χ3v) is 6.52. The Morgan fingerprint density at radius 3 is 2.41 bits per heavy atom. The zero-order chi connectivity index (χ0) is 22.9. The maximum atomic E-state index is 13.0. The zero-order valence-corrected chi connectivity index (χ0v) is 17.9. The number of aromatic carboxylic acids is 1. The molecule has 2 aliphatic rings. The molecule has 1 unspecified atom stereocenters. The number of carbonyl (C=O) groups is 1. The summed E-state index contributed by atoms with van der Waals surface area (Å²) in [6, 6.07) is 12.7. The van der Waals surface area contributed by atoms with Crippen LogP contribution >= 0.6 is 0 Å². The average Bonchev–Trinajstić information content (AvgIpc) is 3.19. The second kappa shape index (κ2) is 9.11. The van der Waals surface area contributed by atoms with Crippen LogP contribution in [0.2, 0.25) is 0 Å². The Kier molecular flexibility index (Phi) is 6.44. The number of alkyl halides is 3. The number of anilines is 1. The van der Waals surface area contributed by atoms with Crippen molar-refractivity contribution in [1.82, 2.24) is 4.90 Å². The molecule has 2 aliphatic heterocycles. The lowest BCUT2D eigenvalue weighted by Crippen LogP contribution is -2.49. The number of carboxylic acids is 1. The number of halogens is 3. The second-order valence-corrected chi connectivity index (χ2v) is 8.63. The van der Waals surface area contributed by atoms with E-state index in [1.807, 2.05) is 12.1 Å². The van der Waals surface area contributed by atoms with Crippen LogP contribution in [-0.4, -0.2) is 60.9 Å². The van der Waals surface area contributed by atoms with E-state index in [9.17, 15) is 23.1 Å². The van der Waals surface area contributed by atoms with Crippen LogP contribution in [0.1, 0.15) is 40.7 Å². The number of rotatable bonds is 5. The van der Waals surface area contributed by atoms with Crippen molar-refractivity contribution in [2.24, 2.45) is 0 Å². The fourth-order valence-corrected chi connectivity index (χ4v) is 4.69. The van der Waals surface area contributed by atoms with E-state index in [-0.39, 0.29) is 17.5 Å². The van der Waals surface area contributed by atoms with Gasteiger partial charge in [0, 0.05) is 43.3 Å². The number of nitrogens with zero attached hydrogens (tertiary/aromatic N) is 2. The van der Waals surface area contributed by atoms with Gasteiger partial charge in [0.1, 0.15) is 0 Å². The largest absolute Gasteiger partial charge is 0.478 e. The molecule has 32 heavy (non-hydrogen) atoms. The number of benzene rings is 2. The molecule has 2 heterocycles. The molecule has 1 N–H and O–H groups in total. The van der Waals surface area contributed by atoms with Gasteiger partial charge in [0.25, 0.3) is 0 Å². The van der Waals surface area contributed by atoms with Crippen molar-refractivity contribution >= 4 is 11.7 Å². The van der Waals surface area contributed by atoms with Crippen molar-refractivity contribution in [2.75, 3.05) is 37.7 Å². The Hall–Kier alpha value is -2.58. The van der Waals surface area contributed by atoms with Crippen LogP contribution < -0.4 is 4.90 Å². The fourth-order valence-electron chi connectivity index (χ4n) is 4.69. The number of carboxylic acid groups (broad SMARTS) is 1. The molecule has 172 valence electrons. The topological polar surface area (TPSA) is 53.0 Å². The Morgan fingerprint density at radius 1 is 1.12 bits per heavy atom. The predicted octanol–water partition coefficient (Wildman–Crippen LogP) is 4.49. The van der Waals surface area contributed by atoms with Gasteiger partial charge in [-0.1, -0.05) is 12.1 Å². The third kappa shape index (κ3) is 4.91. The van der Waals surface area contributed by atoms with Crippen LogP contribution in [0.15, 0.2) is 48.5 Å². The maximum absolute atomic E-state index is 13.0. The van der Waals surface area contributed by atoms with Gasteiger partial charge < -0.3 is 14.7 Å². The maximum Gasteiger partial charge on any atom is 0.416 e. The number of hydrogen-bond donors (Lipinski definition) is 1. The third-order valence-electron chi connectivity index (χ3n) is 6.52. The first-order valence-electron chi connectivity index (χ1n) is 10.8. The number of morpholine rings is 1. The molecule has 0 saturated carbocycles. The molecule has 2 aromatic carbocycles. The van der Waals surface area contributed by atoms with Crippen molar-refractivity contribution < 1.29 is 27.8 Å². The van der Waals surface area contributed by atoms with E-state index in [1.165, 1.54) is 0 Å². The highest BCUT2D eigenvalue weighted by atomic mass is 19.4. The van der Waals surface area contributed by atoms with Gasteiger partial charge in [0.15, 0.2) is 0 Å². The molecule has 0 radical (unpaired) electrons. The molecule has 2 aromatic rings. The predicted molar refractivity (Wildman–Crippen MR) is 115 cm³/mol. The van der Waals surface area contributed by atoms with Crippen molar-refractivity contribution in [1.29, 1.82) is 0 Å². The highest BCUT2D eigenvalue weighted by Crippen LogP contribution is 2.37. The van der Waals surface area contributed by atoms with E-state index < -0.39 is 17.7 Å². The molecule has 0 aromatic heterocycles. The van der Waals surface area contributed by atoms with Crippen LogP contribution in [0.25, 0.3) is 0 Å². The molecule has 2 fully saturated rings. The Labute approximate surface area is 185 Å². The lowest BCUT2D eigenvalue weighted by atomic mass is 9.95. The highest BCUT2D eigenvalue weighted by Gasteiger charge is 2.36. The van der Waals surface area contributed by atoms with Gasteiger partial charge in [0.05, 0.1) is 24.3 Å². The van der Waals surface area contributed by atoms with E-state index in [1.54, 1.807) is 24.3 Å². The van der Waals surface area contributed by atoms with Crippen molar-refractivity contribution in [3.8, 4) is 0 Å². The normalized spacial score (nSPS) is 24.6. The van der Waals surface area contributed by atoms with E-state index in [2.05, 4.69) is 16.7 Å². The van der Waals surface area contributed by atoms with Crippen LogP contribution in [0.3, 0.4) is 0 Å². The second-order valence-electron chi connectivity index (χ2n) is 8.63. The fraction of sp³-hybridized carbons (Fsp3) is 0.458.